The van der Waals surface area contributed by atoms with Crippen LogP contribution in [0.1, 0.15) is 39.2 Å². The van der Waals surface area contributed by atoms with Gasteiger partial charge in [0.15, 0.2) is 0 Å². The maximum absolute atomic E-state index is 13.7. The third-order valence-electron chi connectivity index (χ3n) is 3.22. The monoisotopic (exact) mass is 364 g/mol. The number of carbonyl (C=O) groups is 1. The second-order valence-electron chi connectivity index (χ2n) is 6.34. The number of benzene rings is 1. The second kappa shape index (κ2) is 8.74. The van der Waals surface area contributed by atoms with Gasteiger partial charge in [-0.2, -0.15) is 0 Å². The zero-order valence-electron chi connectivity index (χ0n) is 13.9. The summed E-state index contributed by atoms with van der Waals surface area (Å²) < 4.78 is 24.4. The molecule has 0 aromatic heterocycles. The molecule has 0 aliphatic heterocycles. The van der Waals surface area contributed by atoms with Gasteiger partial charge in [0, 0.05) is 11.9 Å². The van der Waals surface area contributed by atoms with E-state index in [-0.39, 0.29) is 11.0 Å². The van der Waals surface area contributed by atoms with Crippen LogP contribution in [-0.2, 0) is 16.0 Å². The molecule has 1 aromatic rings. The maximum atomic E-state index is 13.7. The van der Waals surface area contributed by atoms with Crippen molar-refractivity contribution in [1.82, 2.24) is 0 Å². The van der Waals surface area contributed by atoms with Crippen molar-refractivity contribution in [3.63, 3.8) is 0 Å². The van der Waals surface area contributed by atoms with Gasteiger partial charge >= 0.3 is 5.97 Å². The van der Waals surface area contributed by atoms with Gasteiger partial charge in [-0.3, -0.25) is 4.79 Å². The van der Waals surface area contributed by atoms with Crippen LogP contribution in [0.15, 0.2) is 12.1 Å². The van der Waals surface area contributed by atoms with Crippen molar-refractivity contribution >= 4 is 29.2 Å². The van der Waals surface area contributed by atoms with Crippen LogP contribution in [0.3, 0.4) is 0 Å². The molecule has 0 spiro atoms. The number of methoxy groups -OCH3 is 1. The van der Waals surface area contributed by atoms with Gasteiger partial charge < -0.3 is 9.47 Å². The summed E-state index contributed by atoms with van der Waals surface area (Å²) in [5.41, 5.74) is 0.00543. The molecule has 0 saturated heterocycles. The van der Waals surface area contributed by atoms with Crippen molar-refractivity contribution < 1.29 is 18.7 Å². The maximum Gasteiger partial charge on any atom is 0.309 e. The highest BCUT2D eigenvalue weighted by Gasteiger charge is 2.26. The highest BCUT2D eigenvalue weighted by atomic mass is 35.5. The fourth-order valence-corrected chi connectivity index (χ4v) is 2.50. The van der Waals surface area contributed by atoms with E-state index in [1.54, 1.807) is 0 Å². The fraction of sp³-hybridized carbons (Fsp3) is 0.588. The Bertz CT molecular complexity index is 541. The molecule has 0 bridgehead atoms. The van der Waals surface area contributed by atoms with Gasteiger partial charge in [-0.15, -0.1) is 11.6 Å². The lowest BCUT2D eigenvalue weighted by Crippen LogP contribution is -2.30. The summed E-state index contributed by atoms with van der Waals surface area (Å²) in [5.74, 6) is -0.369. The molecule has 1 aromatic carbocycles. The molecule has 0 radical (unpaired) electrons. The average Bonchev–Trinajstić information content (AvgIpc) is 2.44. The largest absolute Gasteiger partial charge is 0.496 e. The van der Waals surface area contributed by atoms with Crippen LogP contribution < -0.4 is 4.74 Å². The number of esters is 1. The van der Waals surface area contributed by atoms with Crippen LogP contribution >= 0.6 is 23.2 Å². The van der Waals surface area contributed by atoms with Gasteiger partial charge in [-0.05, 0) is 51.7 Å². The van der Waals surface area contributed by atoms with E-state index in [1.165, 1.54) is 19.2 Å². The molecule has 130 valence electrons. The molecule has 1 rings (SSSR count). The first-order valence-corrected chi connectivity index (χ1v) is 8.40. The van der Waals surface area contributed by atoms with E-state index in [1.807, 2.05) is 20.8 Å². The minimum Gasteiger partial charge on any atom is -0.496 e. The molecule has 0 saturated carbocycles. The molecule has 0 fully saturated rings. The van der Waals surface area contributed by atoms with E-state index in [2.05, 4.69) is 0 Å². The van der Waals surface area contributed by atoms with Crippen molar-refractivity contribution in [3.05, 3.63) is 28.5 Å². The highest BCUT2D eigenvalue weighted by molar-refractivity contribution is 6.30. The van der Waals surface area contributed by atoms with Gasteiger partial charge in [-0.25, -0.2) is 4.39 Å². The molecule has 1 atom stereocenters. The number of halogens is 3. The molecule has 0 N–H and O–H groups in total. The number of alkyl halides is 1. The van der Waals surface area contributed by atoms with Crippen molar-refractivity contribution in [2.75, 3.05) is 13.0 Å². The number of rotatable bonds is 7. The van der Waals surface area contributed by atoms with Gasteiger partial charge in [0.1, 0.15) is 17.2 Å². The summed E-state index contributed by atoms with van der Waals surface area (Å²) in [6, 6.07) is 2.72. The standard InChI is InChI=1S/C17H23Cl2FO3/c1-17(2,3)23-16(21)11(6-5-7-18)8-12-9-14(20)13(19)10-15(12)22-4/h9-11H,5-8H2,1-4H3. The van der Waals surface area contributed by atoms with Crippen molar-refractivity contribution in [2.45, 2.75) is 45.6 Å². The Balaban J connectivity index is 3.01. The van der Waals surface area contributed by atoms with Crippen LogP contribution in [0, 0.1) is 11.7 Å². The Morgan fingerprint density at radius 3 is 2.52 bits per heavy atom. The lowest BCUT2D eigenvalue weighted by atomic mass is 9.94. The minimum atomic E-state index is -0.578. The van der Waals surface area contributed by atoms with Crippen molar-refractivity contribution in [1.29, 1.82) is 0 Å². The normalized spacial score (nSPS) is 12.8. The van der Waals surface area contributed by atoms with Crippen LogP contribution in [0.2, 0.25) is 5.02 Å². The summed E-state index contributed by atoms with van der Waals surface area (Å²) in [4.78, 5) is 12.4. The third kappa shape index (κ3) is 6.56. The highest BCUT2D eigenvalue weighted by Crippen LogP contribution is 2.30. The summed E-state index contributed by atoms with van der Waals surface area (Å²) in [5, 5.41) is -0.0137. The van der Waals surface area contributed by atoms with Crippen molar-refractivity contribution in [2.24, 2.45) is 5.92 Å². The smallest absolute Gasteiger partial charge is 0.309 e. The molecular formula is C17H23Cl2FO3. The fourth-order valence-electron chi connectivity index (χ4n) is 2.20. The molecule has 23 heavy (non-hydrogen) atoms. The summed E-state index contributed by atoms with van der Waals surface area (Å²) in [6.45, 7) is 5.43. The third-order valence-corrected chi connectivity index (χ3v) is 3.77. The van der Waals surface area contributed by atoms with Gasteiger partial charge in [0.25, 0.3) is 0 Å². The van der Waals surface area contributed by atoms with Crippen LogP contribution in [0.25, 0.3) is 0 Å². The zero-order chi connectivity index (χ0) is 17.6. The van der Waals surface area contributed by atoms with E-state index in [4.69, 9.17) is 32.7 Å². The summed E-state index contributed by atoms with van der Waals surface area (Å²) in [7, 11) is 1.48. The second-order valence-corrected chi connectivity index (χ2v) is 7.13. The molecular weight excluding hydrogens is 342 g/mol. The number of ether oxygens (including phenoxy) is 2. The number of carbonyl (C=O) groups excluding carboxylic acids is 1. The summed E-state index contributed by atoms with van der Waals surface area (Å²) in [6.07, 6.45) is 1.54. The van der Waals surface area contributed by atoms with Gasteiger partial charge in [0.2, 0.25) is 0 Å². The first kappa shape index (κ1) is 20.0. The Kier molecular flexibility index (Phi) is 7.62. The Morgan fingerprint density at radius 1 is 1.35 bits per heavy atom. The van der Waals surface area contributed by atoms with E-state index in [0.717, 1.165) is 0 Å². The lowest BCUT2D eigenvalue weighted by molar-refractivity contribution is -0.160. The molecule has 1 unspecified atom stereocenters. The van der Waals surface area contributed by atoms with Crippen LogP contribution in [0.4, 0.5) is 4.39 Å². The van der Waals surface area contributed by atoms with Crippen molar-refractivity contribution in [3.8, 4) is 5.75 Å². The van der Waals surface area contributed by atoms with E-state index in [9.17, 15) is 9.18 Å². The Hall–Kier alpha value is -1.00. The average molecular weight is 365 g/mol. The predicted octanol–water partition coefficient (Wildman–Crippen LogP) is 5.01. The number of hydrogen-bond acceptors (Lipinski definition) is 3. The van der Waals surface area contributed by atoms with Crippen LogP contribution in [0.5, 0.6) is 5.75 Å². The lowest BCUT2D eigenvalue weighted by Gasteiger charge is -2.24. The van der Waals surface area contributed by atoms with E-state index in [0.29, 0.717) is 36.5 Å². The molecule has 0 amide bonds. The Morgan fingerprint density at radius 2 is 2.00 bits per heavy atom. The van der Waals surface area contributed by atoms with Gasteiger partial charge in [-0.1, -0.05) is 11.6 Å². The van der Waals surface area contributed by atoms with Gasteiger partial charge in [0.05, 0.1) is 18.1 Å². The SMILES string of the molecule is COc1cc(Cl)c(F)cc1CC(CCCCl)C(=O)OC(C)(C)C. The minimum absolute atomic E-state index is 0.0137. The Labute approximate surface area is 147 Å². The molecule has 0 aliphatic carbocycles. The molecule has 0 aliphatic rings. The first-order chi connectivity index (χ1) is 10.7. The first-order valence-electron chi connectivity index (χ1n) is 7.48. The quantitative estimate of drug-likeness (QED) is 0.504. The van der Waals surface area contributed by atoms with E-state index >= 15 is 0 Å². The molecule has 0 heterocycles. The zero-order valence-corrected chi connectivity index (χ0v) is 15.4. The van der Waals surface area contributed by atoms with Crippen LogP contribution in [-0.4, -0.2) is 24.6 Å². The molecule has 6 heteroatoms. The topological polar surface area (TPSA) is 35.5 Å². The predicted molar refractivity (Wildman–Crippen MR) is 91.0 cm³/mol. The molecule has 3 nitrogen and oxygen atoms in total. The summed E-state index contributed by atoms with van der Waals surface area (Å²) >= 11 is 11.5. The van der Waals surface area contributed by atoms with E-state index < -0.39 is 17.3 Å². The number of hydrogen-bond donors (Lipinski definition) is 0.